The summed E-state index contributed by atoms with van der Waals surface area (Å²) in [7, 11) is 0. The molecule has 0 bridgehead atoms. The summed E-state index contributed by atoms with van der Waals surface area (Å²) in [4.78, 5) is 18.5. The van der Waals surface area contributed by atoms with Gasteiger partial charge in [0.1, 0.15) is 11.6 Å². The Morgan fingerprint density at radius 2 is 2.35 bits per heavy atom. The quantitative estimate of drug-likeness (QED) is 0.833. The van der Waals surface area contributed by atoms with Gasteiger partial charge in [0.25, 0.3) is 0 Å². The zero-order valence-corrected chi connectivity index (χ0v) is 11.3. The Kier molecular flexibility index (Phi) is 4.90. The molecular weight excluding hydrogens is 281 g/mol. The van der Waals surface area contributed by atoms with Crippen LogP contribution in [0, 0.1) is 5.82 Å². The Bertz CT molecular complexity index is 591. The molecule has 0 radical (unpaired) electrons. The van der Waals surface area contributed by atoms with Gasteiger partial charge in [-0.05, 0) is 18.2 Å². The standard InChI is InChI=1S/C14H13ClFN3O/c15-11-2-1-3-12(16)10(11)4-5-14(20)19-7-6-13-17-8-9-18-13/h1-5,8-9H,6-7H2,(H,17,18)(H,19,20)/b5-4+. The highest BCUT2D eigenvalue weighted by molar-refractivity contribution is 6.32. The first-order valence-corrected chi connectivity index (χ1v) is 6.43. The zero-order valence-electron chi connectivity index (χ0n) is 10.6. The van der Waals surface area contributed by atoms with E-state index >= 15 is 0 Å². The van der Waals surface area contributed by atoms with Gasteiger partial charge in [0, 0.05) is 37.0 Å². The van der Waals surface area contributed by atoms with Gasteiger partial charge in [-0.3, -0.25) is 4.79 Å². The molecule has 0 saturated carbocycles. The van der Waals surface area contributed by atoms with Gasteiger partial charge in [0.15, 0.2) is 0 Å². The van der Waals surface area contributed by atoms with Gasteiger partial charge in [0.2, 0.25) is 5.91 Å². The van der Waals surface area contributed by atoms with Gasteiger partial charge >= 0.3 is 0 Å². The molecule has 1 amide bonds. The number of nitrogens with one attached hydrogen (secondary N) is 2. The number of carbonyl (C=O) groups excluding carboxylic acids is 1. The summed E-state index contributed by atoms with van der Waals surface area (Å²) in [6.45, 7) is 0.446. The Hall–Kier alpha value is -2.14. The maximum atomic E-state index is 13.5. The molecule has 2 rings (SSSR count). The number of nitrogens with zero attached hydrogens (tertiary/aromatic N) is 1. The van der Waals surface area contributed by atoms with Crippen molar-refractivity contribution in [3.8, 4) is 0 Å². The van der Waals surface area contributed by atoms with E-state index in [0.29, 0.717) is 13.0 Å². The molecule has 20 heavy (non-hydrogen) atoms. The molecule has 0 unspecified atom stereocenters. The predicted octanol–water partition coefficient (Wildman–Crippen LogP) is 2.57. The number of hydrogen-bond acceptors (Lipinski definition) is 2. The molecular formula is C14H13ClFN3O. The number of carbonyl (C=O) groups is 1. The van der Waals surface area contributed by atoms with E-state index in [1.165, 1.54) is 24.3 Å². The Labute approximate surface area is 120 Å². The maximum Gasteiger partial charge on any atom is 0.244 e. The van der Waals surface area contributed by atoms with Crippen LogP contribution < -0.4 is 5.32 Å². The largest absolute Gasteiger partial charge is 0.352 e. The fraction of sp³-hybridized carbons (Fsp3) is 0.143. The van der Waals surface area contributed by atoms with Crippen LogP contribution in [0.1, 0.15) is 11.4 Å². The first kappa shape index (κ1) is 14.3. The molecule has 104 valence electrons. The number of aromatic amines is 1. The van der Waals surface area contributed by atoms with Gasteiger partial charge in [0.05, 0.1) is 5.02 Å². The maximum absolute atomic E-state index is 13.5. The number of rotatable bonds is 5. The molecule has 0 spiro atoms. The van der Waals surface area contributed by atoms with Gasteiger partial charge in [-0.25, -0.2) is 9.37 Å². The zero-order chi connectivity index (χ0) is 14.4. The number of amides is 1. The molecule has 0 fully saturated rings. The van der Waals surface area contributed by atoms with Crippen molar-refractivity contribution in [1.82, 2.24) is 15.3 Å². The fourth-order valence-corrected chi connectivity index (χ4v) is 1.85. The van der Waals surface area contributed by atoms with Crippen molar-refractivity contribution < 1.29 is 9.18 Å². The molecule has 0 aliphatic carbocycles. The van der Waals surface area contributed by atoms with E-state index in [1.54, 1.807) is 18.5 Å². The number of H-pyrrole nitrogens is 1. The van der Waals surface area contributed by atoms with Crippen molar-refractivity contribution in [1.29, 1.82) is 0 Å². The van der Waals surface area contributed by atoms with E-state index in [4.69, 9.17) is 11.6 Å². The molecule has 1 aromatic carbocycles. The number of benzene rings is 1. The highest BCUT2D eigenvalue weighted by Crippen LogP contribution is 2.20. The van der Waals surface area contributed by atoms with Crippen molar-refractivity contribution in [3.63, 3.8) is 0 Å². The highest BCUT2D eigenvalue weighted by atomic mass is 35.5. The summed E-state index contributed by atoms with van der Waals surface area (Å²) >= 11 is 5.85. The lowest BCUT2D eigenvalue weighted by molar-refractivity contribution is -0.116. The summed E-state index contributed by atoms with van der Waals surface area (Å²) in [6.07, 6.45) is 6.59. The summed E-state index contributed by atoms with van der Waals surface area (Å²) in [5.74, 6) is 0.0273. The second-order valence-corrected chi connectivity index (χ2v) is 4.45. The normalized spacial score (nSPS) is 10.9. The van der Waals surface area contributed by atoms with Crippen molar-refractivity contribution in [2.75, 3.05) is 6.54 Å². The molecule has 6 heteroatoms. The van der Waals surface area contributed by atoms with E-state index in [2.05, 4.69) is 15.3 Å². The molecule has 0 aliphatic rings. The first-order chi connectivity index (χ1) is 9.66. The van der Waals surface area contributed by atoms with Gasteiger partial charge in [-0.1, -0.05) is 17.7 Å². The Morgan fingerprint density at radius 3 is 3.05 bits per heavy atom. The van der Waals surface area contributed by atoms with Gasteiger partial charge in [-0.2, -0.15) is 0 Å². The summed E-state index contributed by atoms with van der Waals surface area (Å²) in [6, 6.07) is 4.37. The topological polar surface area (TPSA) is 57.8 Å². The van der Waals surface area contributed by atoms with Crippen molar-refractivity contribution >= 4 is 23.6 Å². The molecule has 2 N–H and O–H groups in total. The summed E-state index contributed by atoms with van der Waals surface area (Å²) < 4.78 is 13.5. The molecule has 0 saturated heterocycles. The Morgan fingerprint density at radius 1 is 1.50 bits per heavy atom. The minimum atomic E-state index is -0.461. The number of halogens is 2. The average molecular weight is 294 g/mol. The van der Waals surface area contributed by atoms with E-state index < -0.39 is 5.82 Å². The molecule has 0 atom stereocenters. The monoisotopic (exact) mass is 293 g/mol. The second-order valence-electron chi connectivity index (χ2n) is 4.05. The van der Waals surface area contributed by atoms with Crippen LogP contribution in [0.4, 0.5) is 4.39 Å². The molecule has 4 nitrogen and oxygen atoms in total. The van der Waals surface area contributed by atoms with Crippen LogP contribution in [0.2, 0.25) is 5.02 Å². The van der Waals surface area contributed by atoms with Crippen LogP contribution in [-0.2, 0) is 11.2 Å². The lowest BCUT2D eigenvalue weighted by Crippen LogP contribution is -2.23. The van der Waals surface area contributed by atoms with Crippen LogP contribution in [0.25, 0.3) is 6.08 Å². The van der Waals surface area contributed by atoms with Crippen LogP contribution in [0.5, 0.6) is 0 Å². The smallest absolute Gasteiger partial charge is 0.244 e. The third-order valence-electron chi connectivity index (χ3n) is 2.62. The second kappa shape index (κ2) is 6.86. The minimum Gasteiger partial charge on any atom is -0.352 e. The number of aromatic nitrogens is 2. The SMILES string of the molecule is O=C(/C=C/c1c(F)cccc1Cl)NCCc1ncc[nH]1. The summed E-state index contributed by atoms with van der Waals surface area (Å²) in [5, 5.41) is 2.95. The lowest BCUT2D eigenvalue weighted by atomic mass is 10.2. The number of hydrogen-bond donors (Lipinski definition) is 2. The van der Waals surface area contributed by atoms with Gasteiger partial charge < -0.3 is 10.3 Å². The minimum absolute atomic E-state index is 0.204. The fourth-order valence-electron chi connectivity index (χ4n) is 1.63. The van der Waals surface area contributed by atoms with Crippen molar-refractivity contribution in [2.45, 2.75) is 6.42 Å². The Balaban J connectivity index is 1.86. The summed E-state index contributed by atoms with van der Waals surface area (Å²) in [5.41, 5.74) is 0.204. The third-order valence-corrected chi connectivity index (χ3v) is 2.95. The van der Waals surface area contributed by atoms with Crippen LogP contribution in [0.3, 0.4) is 0 Å². The molecule has 0 aliphatic heterocycles. The lowest BCUT2D eigenvalue weighted by Gasteiger charge is -2.01. The first-order valence-electron chi connectivity index (χ1n) is 6.05. The predicted molar refractivity (Wildman–Crippen MR) is 75.7 cm³/mol. The molecule has 1 heterocycles. The number of imidazole rings is 1. The van der Waals surface area contributed by atoms with Crippen molar-refractivity contribution in [3.05, 3.63) is 58.9 Å². The van der Waals surface area contributed by atoms with E-state index in [9.17, 15) is 9.18 Å². The van der Waals surface area contributed by atoms with Gasteiger partial charge in [-0.15, -0.1) is 0 Å². The van der Waals surface area contributed by atoms with Crippen molar-refractivity contribution in [2.24, 2.45) is 0 Å². The van der Waals surface area contributed by atoms with Crippen LogP contribution in [0.15, 0.2) is 36.7 Å². The van der Waals surface area contributed by atoms with E-state index in [0.717, 1.165) is 5.82 Å². The molecule has 1 aromatic heterocycles. The average Bonchev–Trinajstić information content (AvgIpc) is 2.91. The third kappa shape index (κ3) is 3.93. The van der Waals surface area contributed by atoms with E-state index in [-0.39, 0.29) is 16.5 Å². The molecule has 2 aromatic rings. The van der Waals surface area contributed by atoms with Crippen LogP contribution >= 0.6 is 11.6 Å². The van der Waals surface area contributed by atoms with E-state index in [1.807, 2.05) is 0 Å². The highest BCUT2D eigenvalue weighted by Gasteiger charge is 2.04. The van der Waals surface area contributed by atoms with Crippen LogP contribution in [-0.4, -0.2) is 22.4 Å².